The van der Waals surface area contributed by atoms with Crippen LogP contribution in [0.1, 0.15) is 0 Å². The van der Waals surface area contributed by atoms with Crippen molar-refractivity contribution in [1.82, 2.24) is 14.5 Å². The molecule has 0 radical (unpaired) electrons. The molecule has 2 heterocycles. The van der Waals surface area contributed by atoms with Gasteiger partial charge in [0.1, 0.15) is 5.75 Å². The highest BCUT2D eigenvalue weighted by atomic mass is 32.2. The van der Waals surface area contributed by atoms with Crippen molar-refractivity contribution in [2.24, 2.45) is 0 Å². The Kier molecular flexibility index (Phi) is 4.94. The summed E-state index contributed by atoms with van der Waals surface area (Å²) in [5.74, 6) is 0.894. The van der Waals surface area contributed by atoms with Crippen LogP contribution in [0.4, 0.5) is 5.13 Å². The number of imidazole rings is 1. The van der Waals surface area contributed by atoms with E-state index in [0.717, 1.165) is 16.6 Å². The summed E-state index contributed by atoms with van der Waals surface area (Å²) >= 11 is 2.75. The number of nitrogens with one attached hydrogen (secondary N) is 1. The molecule has 3 rings (SSSR count). The van der Waals surface area contributed by atoms with Crippen LogP contribution in [0.2, 0.25) is 0 Å². The fourth-order valence-electron chi connectivity index (χ4n) is 1.98. The number of hydrogen-bond acceptors (Lipinski definition) is 6. The SMILES string of the molecule is COc1ccccc1-n1ccnc1SCC(=O)Nc1nccs1. The average molecular weight is 346 g/mol. The molecule has 1 N–H and O–H groups in total. The van der Waals surface area contributed by atoms with Gasteiger partial charge in [0.2, 0.25) is 5.91 Å². The van der Waals surface area contributed by atoms with E-state index in [1.54, 1.807) is 19.5 Å². The van der Waals surface area contributed by atoms with Gasteiger partial charge < -0.3 is 10.1 Å². The Balaban J connectivity index is 1.70. The molecule has 0 saturated carbocycles. The molecule has 23 heavy (non-hydrogen) atoms. The quantitative estimate of drug-likeness (QED) is 0.695. The maximum atomic E-state index is 11.9. The van der Waals surface area contributed by atoms with Crippen molar-refractivity contribution in [2.45, 2.75) is 5.16 Å². The predicted molar refractivity (Wildman–Crippen MR) is 91.6 cm³/mol. The van der Waals surface area contributed by atoms with Crippen LogP contribution < -0.4 is 10.1 Å². The number of carbonyl (C=O) groups is 1. The van der Waals surface area contributed by atoms with Gasteiger partial charge in [-0.25, -0.2) is 9.97 Å². The number of hydrogen-bond donors (Lipinski definition) is 1. The monoisotopic (exact) mass is 346 g/mol. The minimum absolute atomic E-state index is 0.112. The first-order chi connectivity index (χ1) is 11.3. The minimum atomic E-state index is -0.112. The number of para-hydroxylation sites is 2. The standard InChI is InChI=1S/C15H14N4O2S2/c1-21-12-5-3-2-4-11(12)19-8-6-17-15(19)23-10-13(20)18-14-16-7-9-22-14/h2-9H,10H2,1H3,(H,16,18,20). The van der Waals surface area contributed by atoms with Gasteiger partial charge in [0.05, 0.1) is 18.6 Å². The second-order valence-corrected chi connectivity index (χ2v) is 6.26. The van der Waals surface area contributed by atoms with Crippen LogP contribution in [0.25, 0.3) is 5.69 Å². The molecule has 0 aliphatic heterocycles. The molecule has 1 aromatic carbocycles. The number of aromatic nitrogens is 3. The summed E-state index contributed by atoms with van der Waals surface area (Å²) in [6.07, 6.45) is 5.20. The van der Waals surface area contributed by atoms with Gasteiger partial charge in [-0.05, 0) is 12.1 Å². The van der Waals surface area contributed by atoms with Crippen LogP contribution in [0.5, 0.6) is 5.75 Å². The Morgan fingerprint density at radius 1 is 1.35 bits per heavy atom. The molecule has 8 heteroatoms. The zero-order valence-corrected chi connectivity index (χ0v) is 13.9. The van der Waals surface area contributed by atoms with Crippen molar-refractivity contribution in [3.8, 4) is 11.4 Å². The third-order valence-electron chi connectivity index (χ3n) is 2.96. The topological polar surface area (TPSA) is 69.0 Å². The number of carbonyl (C=O) groups excluding carboxylic acids is 1. The van der Waals surface area contributed by atoms with Gasteiger partial charge in [0, 0.05) is 24.0 Å². The highest BCUT2D eigenvalue weighted by Gasteiger charge is 2.12. The van der Waals surface area contributed by atoms with E-state index in [1.807, 2.05) is 40.4 Å². The molecule has 1 amide bonds. The lowest BCUT2D eigenvalue weighted by atomic mass is 10.3. The molecule has 118 valence electrons. The first-order valence-corrected chi connectivity index (χ1v) is 8.63. The fourth-order valence-corrected chi connectivity index (χ4v) is 3.29. The summed E-state index contributed by atoms with van der Waals surface area (Å²) in [5.41, 5.74) is 0.885. The van der Waals surface area contributed by atoms with Crippen molar-refractivity contribution in [3.05, 3.63) is 48.2 Å². The summed E-state index contributed by atoms with van der Waals surface area (Å²) in [5, 5.41) is 5.90. The van der Waals surface area contributed by atoms with Gasteiger partial charge in [-0.15, -0.1) is 11.3 Å². The van der Waals surface area contributed by atoms with E-state index in [2.05, 4.69) is 15.3 Å². The number of benzene rings is 1. The second kappa shape index (κ2) is 7.30. The van der Waals surface area contributed by atoms with Crippen LogP contribution in [-0.2, 0) is 4.79 Å². The molecule has 2 aromatic heterocycles. The smallest absolute Gasteiger partial charge is 0.236 e. The van der Waals surface area contributed by atoms with Crippen molar-refractivity contribution in [3.63, 3.8) is 0 Å². The number of methoxy groups -OCH3 is 1. The Labute approximate surface area is 141 Å². The van der Waals surface area contributed by atoms with Gasteiger partial charge >= 0.3 is 0 Å². The molecule has 6 nitrogen and oxygen atoms in total. The van der Waals surface area contributed by atoms with E-state index in [4.69, 9.17) is 4.74 Å². The summed E-state index contributed by atoms with van der Waals surface area (Å²) in [4.78, 5) is 20.3. The van der Waals surface area contributed by atoms with Crippen molar-refractivity contribution >= 4 is 34.1 Å². The number of ether oxygens (including phenoxy) is 1. The van der Waals surface area contributed by atoms with Crippen molar-refractivity contribution in [1.29, 1.82) is 0 Å². The van der Waals surface area contributed by atoms with Gasteiger partial charge in [-0.1, -0.05) is 23.9 Å². The lowest BCUT2D eigenvalue weighted by molar-refractivity contribution is -0.113. The van der Waals surface area contributed by atoms with E-state index < -0.39 is 0 Å². The highest BCUT2D eigenvalue weighted by Crippen LogP contribution is 2.27. The molecule has 0 aliphatic rings. The first-order valence-electron chi connectivity index (χ1n) is 6.77. The molecule has 3 aromatic rings. The maximum Gasteiger partial charge on any atom is 0.236 e. The van der Waals surface area contributed by atoms with Gasteiger partial charge in [0.15, 0.2) is 10.3 Å². The number of amides is 1. The summed E-state index contributed by atoms with van der Waals surface area (Å²) in [7, 11) is 1.63. The lowest BCUT2D eigenvalue weighted by Crippen LogP contribution is -2.14. The van der Waals surface area contributed by atoms with Crippen LogP contribution in [0.3, 0.4) is 0 Å². The Hall–Kier alpha value is -2.32. The van der Waals surface area contributed by atoms with E-state index >= 15 is 0 Å². The number of nitrogens with zero attached hydrogens (tertiary/aromatic N) is 3. The van der Waals surface area contributed by atoms with E-state index in [1.165, 1.54) is 23.1 Å². The lowest BCUT2D eigenvalue weighted by Gasteiger charge is -2.11. The Morgan fingerprint density at radius 2 is 2.22 bits per heavy atom. The molecule has 0 spiro atoms. The molecule has 0 aliphatic carbocycles. The van der Waals surface area contributed by atoms with Crippen molar-refractivity contribution in [2.75, 3.05) is 18.2 Å². The second-order valence-electron chi connectivity index (χ2n) is 4.43. The van der Waals surface area contributed by atoms with E-state index in [0.29, 0.717) is 5.13 Å². The third kappa shape index (κ3) is 3.72. The molecular formula is C15H14N4O2S2. The molecule has 0 atom stereocenters. The Bertz CT molecular complexity index is 786. The van der Waals surface area contributed by atoms with Crippen LogP contribution in [0.15, 0.2) is 53.4 Å². The number of thioether (sulfide) groups is 1. The first kappa shape index (κ1) is 15.6. The largest absolute Gasteiger partial charge is 0.495 e. The number of thiazole rings is 1. The molecule has 0 fully saturated rings. The summed E-state index contributed by atoms with van der Waals surface area (Å²) in [6, 6.07) is 7.67. The summed E-state index contributed by atoms with van der Waals surface area (Å²) in [6.45, 7) is 0. The third-order valence-corrected chi connectivity index (χ3v) is 4.62. The fraction of sp³-hybridized carbons (Fsp3) is 0.133. The van der Waals surface area contributed by atoms with Gasteiger partial charge in [-0.2, -0.15) is 0 Å². The Morgan fingerprint density at radius 3 is 3.00 bits per heavy atom. The van der Waals surface area contributed by atoms with Crippen LogP contribution in [-0.4, -0.2) is 33.3 Å². The molecule has 0 unspecified atom stereocenters. The van der Waals surface area contributed by atoms with Crippen molar-refractivity contribution < 1.29 is 9.53 Å². The maximum absolute atomic E-state index is 11.9. The van der Waals surface area contributed by atoms with Gasteiger partial charge in [-0.3, -0.25) is 9.36 Å². The molecule has 0 saturated heterocycles. The summed E-state index contributed by atoms with van der Waals surface area (Å²) < 4.78 is 7.28. The predicted octanol–water partition coefficient (Wildman–Crippen LogP) is 3.07. The minimum Gasteiger partial charge on any atom is -0.495 e. The van der Waals surface area contributed by atoms with Gasteiger partial charge in [0.25, 0.3) is 0 Å². The number of rotatable bonds is 6. The average Bonchev–Trinajstić information content (AvgIpc) is 3.24. The number of anilines is 1. The normalized spacial score (nSPS) is 10.5. The highest BCUT2D eigenvalue weighted by molar-refractivity contribution is 7.99. The zero-order valence-electron chi connectivity index (χ0n) is 12.3. The van der Waals surface area contributed by atoms with Crippen LogP contribution >= 0.6 is 23.1 Å². The van der Waals surface area contributed by atoms with Crippen LogP contribution in [0, 0.1) is 0 Å². The zero-order chi connectivity index (χ0) is 16.1. The van der Waals surface area contributed by atoms with E-state index in [-0.39, 0.29) is 11.7 Å². The van der Waals surface area contributed by atoms with E-state index in [9.17, 15) is 4.79 Å². The molecule has 0 bridgehead atoms. The molecular weight excluding hydrogens is 332 g/mol.